The molecule has 8 heteroatoms. The van der Waals surface area contributed by atoms with Crippen LogP contribution >= 0.6 is 0 Å². The van der Waals surface area contributed by atoms with Crippen molar-refractivity contribution in [1.82, 2.24) is 14.5 Å². The topological polar surface area (TPSA) is 86.8 Å². The van der Waals surface area contributed by atoms with E-state index in [2.05, 4.69) is 5.32 Å². The van der Waals surface area contributed by atoms with Crippen molar-refractivity contribution in [3.05, 3.63) is 70.8 Å². The van der Waals surface area contributed by atoms with Gasteiger partial charge in [0.25, 0.3) is 0 Å². The van der Waals surface area contributed by atoms with E-state index in [1.54, 1.807) is 6.92 Å². The fraction of sp³-hybridized carbons (Fsp3) is 0.391. The number of nitrogens with one attached hydrogen (secondary N) is 1. The molecule has 1 N–H and O–H groups in total. The van der Waals surface area contributed by atoms with Crippen molar-refractivity contribution in [2.24, 2.45) is 0 Å². The Morgan fingerprint density at radius 3 is 2.03 bits per heavy atom. The molecule has 0 saturated carbocycles. The summed E-state index contributed by atoms with van der Waals surface area (Å²) in [7, 11) is -3.63. The van der Waals surface area contributed by atoms with Crippen LogP contribution in [0.2, 0.25) is 0 Å². The van der Waals surface area contributed by atoms with E-state index in [4.69, 9.17) is 0 Å². The van der Waals surface area contributed by atoms with Crippen molar-refractivity contribution in [3.63, 3.8) is 0 Å². The lowest BCUT2D eigenvalue weighted by Crippen LogP contribution is -2.69. The first-order valence-corrected chi connectivity index (χ1v) is 12.0. The summed E-state index contributed by atoms with van der Waals surface area (Å²) in [6.45, 7) is 5.74. The molecule has 1 heterocycles. The maximum absolute atomic E-state index is 13.3. The molecule has 166 valence electrons. The summed E-state index contributed by atoms with van der Waals surface area (Å²) in [5.41, 5.74) is 2.68. The maximum atomic E-state index is 13.3. The van der Waals surface area contributed by atoms with Crippen LogP contribution in [0.5, 0.6) is 0 Å². The minimum atomic E-state index is -3.63. The zero-order chi connectivity index (χ0) is 22.8. The number of hydrogen-bond acceptors (Lipinski definition) is 4. The van der Waals surface area contributed by atoms with Crippen LogP contribution in [-0.2, 0) is 32.7 Å². The Balaban J connectivity index is 1.87. The predicted octanol–water partition coefficient (Wildman–Crippen LogP) is 1.98. The third-order valence-electron chi connectivity index (χ3n) is 5.69. The number of carbonyl (C=O) groups excluding carboxylic acids is 2. The van der Waals surface area contributed by atoms with E-state index in [-0.39, 0.29) is 25.5 Å². The Labute approximate surface area is 184 Å². The van der Waals surface area contributed by atoms with Gasteiger partial charge in [0.15, 0.2) is 0 Å². The SMILES string of the molecule is Cc1ccc(CNC(=O)C2(C)CN(S(C)(=O)=O)CC(=O)N2Cc2ccc(C)cc2)cc1. The minimum absolute atomic E-state index is 0.0941. The fourth-order valence-corrected chi connectivity index (χ4v) is 4.47. The summed E-state index contributed by atoms with van der Waals surface area (Å²) in [6.07, 6.45) is 1.06. The van der Waals surface area contributed by atoms with Gasteiger partial charge in [-0.25, -0.2) is 8.42 Å². The molecule has 0 aliphatic carbocycles. The van der Waals surface area contributed by atoms with Gasteiger partial charge in [0.05, 0.1) is 12.8 Å². The molecule has 7 nitrogen and oxygen atoms in total. The van der Waals surface area contributed by atoms with Crippen LogP contribution < -0.4 is 5.32 Å². The Bertz CT molecular complexity index is 1070. The van der Waals surface area contributed by atoms with Gasteiger partial charge >= 0.3 is 0 Å². The molecule has 3 rings (SSSR count). The average Bonchev–Trinajstić information content (AvgIpc) is 2.70. The van der Waals surface area contributed by atoms with E-state index in [9.17, 15) is 18.0 Å². The van der Waals surface area contributed by atoms with Gasteiger partial charge in [0.2, 0.25) is 21.8 Å². The Hall–Kier alpha value is -2.71. The second kappa shape index (κ2) is 8.80. The number of rotatable bonds is 6. The monoisotopic (exact) mass is 443 g/mol. The molecule has 0 bridgehead atoms. The van der Waals surface area contributed by atoms with E-state index in [0.29, 0.717) is 6.54 Å². The number of aryl methyl sites for hydroxylation is 2. The van der Waals surface area contributed by atoms with E-state index in [1.807, 2.05) is 62.4 Å². The number of piperazine rings is 1. The maximum Gasteiger partial charge on any atom is 0.247 e. The summed E-state index contributed by atoms with van der Waals surface area (Å²) in [4.78, 5) is 27.8. The first-order chi connectivity index (χ1) is 14.5. The molecule has 1 saturated heterocycles. The molecule has 2 amide bonds. The quantitative estimate of drug-likeness (QED) is 0.740. The van der Waals surface area contributed by atoms with Crippen molar-refractivity contribution in [1.29, 1.82) is 0 Å². The molecule has 31 heavy (non-hydrogen) atoms. The summed E-state index contributed by atoms with van der Waals surface area (Å²) in [6, 6.07) is 15.5. The highest BCUT2D eigenvalue weighted by molar-refractivity contribution is 7.88. The van der Waals surface area contributed by atoms with Crippen molar-refractivity contribution in [3.8, 4) is 0 Å². The van der Waals surface area contributed by atoms with Gasteiger partial charge in [-0.2, -0.15) is 4.31 Å². The zero-order valence-electron chi connectivity index (χ0n) is 18.4. The lowest BCUT2D eigenvalue weighted by atomic mass is 9.94. The lowest BCUT2D eigenvalue weighted by molar-refractivity contribution is -0.153. The Morgan fingerprint density at radius 1 is 1.00 bits per heavy atom. The highest BCUT2D eigenvalue weighted by Crippen LogP contribution is 2.27. The molecule has 0 aromatic heterocycles. The molecule has 1 atom stereocenters. The van der Waals surface area contributed by atoms with Crippen molar-refractivity contribution in [2.45, 2.75) is 39.4 Å². The van der Waals surface area contributed by atoms with Crippen LogP contribution in [0.4, 0.5) is 0 Å². The normalized spacial score (nSPS) is 20.0. The molecule has 0 spiro atoms. The van der Waals surface area contributed by atoms with Crippen molar-refractivity contribution in [2.75, 3.05) is 19.3 Å². The Morgan fingerprint density at radius 2 is 1.52 bits per heavy atom. The number of amides is 2. The number of carbonyl (C=O) groups is 2. The number of nitrogens with zero attached hydrogens (tertiary/aromatic N) is 2. The number of benzene rings is 2. The van der Waals surface area contributed by atoms with Gasteiger partial charge in [0, 0.05) is 19.6 Å². The highest BCUT2D eigenvalue weighted by Gasteiger charge is 2.49. The molecule has 2 aromatic carbocycles. The Kier molecular flexibility index (Phi) is 6.52. The van der Waals surface area contributed by atoms with Gasteiger partial charge < -0.3 is 10.2 Å². The van der Waals surface area contributed by atoms with Gasteiger partial charge in [-0.15, -0.1) is 0 Å². The van der Waals surface area contributed by atoms with Crippen LogP contribution in [0.25, 0.3) is 0 Å². The number of hydrogen-bond donors (Lipinski definition) is 1. The molecule has 1 aliphatic rings. The fourth-order valence-electron chi connectivity index (χ4n) is 3.64. The second-order valence-corrected chi connectivity index (χ2v) is 10.4. The summed E-state index contributed by atoms with van der Waals surface area (Å²) in [5.74, 6) is -0.785. The summed E-state index contributed by atoms with van der Waals surface area (Å²) in [5, 5.41) is 2.89. The average molecular weight is 444 g/mol. The van der Waals surface area contributed by atoms with E-state index >= 15 is 0 Å². The van der Waals surface area contributed by atoms with Crippen molar-refractivity contribution >= 4 is 21.8 Å². The highest BCUT2D eigenvalue weighted by atomic mass is 32.2. The molecule has 0 radical (unpaired) electrons. The zero-order valence-corrected chi connectivity index (χ0v) is 19.2. The van der Waals surface area contributed by atoms with Crippen LogP contribution in [-0.4, -0.2) is 54.3 Å². The van der Waals surface area contributed by atoms with E-state index in [1.165, 1.54) is 4.90 Å². The van der Waals surface area contributed by atoms with Crippen LogP contribution in [0.1, 0.15) is 29.2 Å². The van der Waals surface area contributed by atoms with Crippen LogP contribution in [0.15, 0.2) is 48.5 Å². The minimum Gasteiger partial charge on any atom is -0.350 e. The summed E-state index contributed by atoms with van der Waals surface area (Å²) >= 11 is 0. The van der Waals surface area contributed by atoms with Crippen molar-refractivity contribution < 1.29 is 18.0 Å². The predicted molar refractivity (Wildman–Crippen MR) is 120 cm³/mol. The van der Waals surface area contributed by atoms with Gasteiger partial charge in [0.1, 0.15) is 5.54 Å². The van der Waals surface area contributed by atoms with Crippen LogP contribution in [0, 0.1) is 13.8 Å². The first-order valence-electron chi connectivity index (χ1n) is 10.1. The largest absolute Gasteiger partial charge is 0.350 e. The van der Waals surface area contributed by atoms with Gasteiger partial charge in [-0.1, -0.05) is 59.7 Å². The van der Waals surface area contributed by atoms with E-state index < -0.39 is 21.5 Å². The third kappa shape index (κ3) is 5.32. The molecule has 1 aliphatic heterocycles. The molecular formula is C23H29N3O4S. The third-order valence-corrected chi connectivity index (χ3v) is 6.88. The lowest BCUT2D eigenvalue weighted by Gasteiger charge is -2.46. The van der Waals surface area contributed by atoms with Crippen LogP contribution in [0.3, 0.4) is 0 Å². The smallest absolute Gasteiger partial charge is 0.247 e. The molecular weight excluding hydrogens is 414 g/mol. The molecule has 1 fully saturated rings. The second-order valence-electron chi connectivity index (χ2n) is 8.44. The molecule has 1 unspecified atom stereocenters. The summed E-state index contributed by atoms with van der Waals surface area (Å²) < 4.78 is 25.4. The van der Waals surface area contributed by atoms with Gasteiger partial charge in [-0.05, 0) is 31.9 Å². The van der Waals surface area contributed by atoms with E-state index in [0.717, 1.165) is 32.8 Å². The number of sulfonamides is 1. The molecule has 2 aromatic rings. The van der Waals surface area contributed by atoms with Gasteiger partial charge in [-0.3, -0.25) is 9.59 Å². The standard InChI is InChI=1S/C23H29N3O4S/c1-17-5-9-19(10-6-17)13-24-22(28)23(3)16-25(31(4,29)30)15-21(27)26(23)14-20-11-7-18(2)8-12-20/h5-12H,13-16H2,1-4H3,(H,24,28). The first kappa shape index (κ1) is 23.0.